The van der Waals surface area contributed by atoms with Crippen molar-refractivity contribution in [1.82, 2.24) is 10.3 Å². The van der Waals surface area contributed by atoms with Gasteiger partial charge in [-0.1, -0.05) is 26.0 Å². The summed E-state index contributed by atoms with van der Waals surface area (Å²) in [4.78, 5) is 4.00. The Morgan fingerprint density at radius 1 is 1.25 bits per heavy atom. The molecule has 0 aliphatic carbocycles. The highest BCUT2D eigenvalue weighted by atomic mass is 14.8. The molecule has 1 N–H and O–H groups in total. The van der Waals surface area contributed by atoms with Gasteiger partial charge in [0.25, 0.3) is 0 Å². The number of rotatable bonds is 7. The van der Waals surface area contributed by atoms with Crippen molar-refractivity contribution < 1.29 is 0 Å². The summed E-state index contributed by atoms with van der Waals surface area (Å²) in [6.45, 7) is 6.64. The van der Waals surface area contributed by atoms with Gasteiger partial charge < -0.3 is 5.32 Å². The van der Waals surface area contributed by atoms with Gasteiger partial charge in [0.15, 0.2) is 0 Å². The molecule has 1 heterocycles. The van der Waals surface area contributed by atoms with Gasteiger partial charge in [0.1, 0.15) is 0 Å². The Morgan fingerprint density at radius 3 is 2.69 bits per heavy atom. The van der Waals surface area contributed by atoms with E-state index in [9.17, 15) is 0 Å². The van der Waals surface area contributed by atoms with Crippen molar-refractivity contribution >= 4 is 0 Å². The van der Waals surface area contributed by atoms with E-state index in [-0.39, 0.29) is 0 Å². The lowest BCUT2D eigenvalue weighted by atomic mass is 10.2. The van der Waals surface area contributed by atoms with E-state index in [4.69, 9.17) is 0 Å². The Labute approximate surface area is 98.8 Å². The van der Waals surface area contributed by atoms with Gasteiger partial charge in [0.2, 0.25) is 0 Å². The summed E-state index contributed by atoms with van der Waals surface area (Å²) in [5.74, 6) is 0.737. The Morgan fingerprint density at radius 2 is 2.00 bits per heavy atom. The molecule has 0 spiro atoms. The van der Waals surface area contributed by atoms with Crippen LogP contribution >= 0.6 is 0 Å². The molecule has 0 atom stereocenters. The first kappa shape index (κ1) is 12.9. The topological polar surface area (TPSA) is 24.9 Å². The third-order valence-electron chi connectivity index (χ3n) is 2.31. The van der Waals surface area contributed by atoms with Gasteiger partial charge in [-0.2, -0.15) is 0 Å². The van der Waals surface area contributed by atoms with Crippen LogP contribution in [-0.2, 0) is 6.42 Å². The summed E-state index contributed by atoms with van der Waals surface area (Å²) >= 11 is 0. The van der Waals surface area contributed by atoms with Crippen molar-refractivity contribution in [3.05, 3.63) is 42.2 Å². The standard InChI is InChI=1S/C14H22N2/c1-13(2)12-16-9-5-3-4-6-14-7-10-15-11-8-14/h3-4,7-8,10-11,13,16H,5-6,9,12H2,1-2H3. The first-order valence-electron chi connectivity index (χ1n) is 6.03. The van der Waals surface area contributed by atoms with Crippen LogP contribution in [-0.4, -0.2) is 18.1 Å². The van der Waals surface area contributed by atoms with Crippen molar-refractivity contribution in [3.63, 3.8) is 0 Å². The molecule has 88 valence electrons. The highest BCUT2D eigenvalue weighted by Gasteiger charge is 1.90. The van der Waals surface area contributed by atoms with E-state index in [0.29, 0.717) is 0 Å². The summed E-state index contributed by atoms with van der Waals surface area (Å²) in [7, 11) is 0. The summed E-state index contributed by atoms with van der Waals surface area (Å²) in [6, 6.07) is 4.11. The van der Waals surface area contributed by atoms with E-state index in [1.807, 2.05) is 12.4 Å². The quantitative estimate of drug-likeness (QED) is 0.562. The van der Waals surface area contributed by atoms with Crippen LogP contribution in [0.4, 0.5) is 0 Å². The average molecular weight is 218 g/mol. The van der Waals surface area contributed by atoms with Crippen molar-refractivity contribution in [2.75, 3.05) is 13.1 Å². The zero-order valence-corrected chi connectivity index (χ0v) is 10.3. The zero-order valence-electron chi connectivity index (χ0n) is 10.3. The van der Waals surface area contributed by atoms with Crippen LogP contribution in [0.5, 0.6) is 0 Å². The molecule has 1 aromatic heterocycles. The van der Waals surface area contributed by atoms with Crippen LogP contribution in [0.15, 0.2) is 36.7 Å². The lowest BCUT2D eigenvalue weighted by molar-refractivity contribution is 0.556. The number of allylic oxidation sites excluding steroid dienone is 1. The summed E-state index contributed by atoms with van der Waals surface area (Å²) in [6.07, 6.45) is 10.3. The molecule has 0 aromatic carbocycles. The lowest BCUT2D eigenvalue weighted by Crippen LogP contribution is -2.20. The van der Waals surface area contributed by atoms with Crippen LogP contribution in [0.1, 0.15) is 25.8 Å². The Kier molecular flexibility index (Phi) is 6.50. The minimum absolute atomic E-state index is 0.737. The highest BCUT2D eigenvalue weighted by molar-refractivity contribution is 5.13. The normalized spacial score (nSPS) is 11.4. The molecule has 0 aliphatic rings. The molecule has 16 heavy (non-hydrogen) atoms. The van der Waals surface area contributed by atoms with E-state index >= 15 is 0 Å². The maximum Gasteiger partial charge on any atom is 0.0270 e. The molecule has 1 rings (SSSR count). The molecular formula is C14H22N2. The monoisotopic (exact) mass is 218 g/mol. The van der Waals surface area contributed by atoms with Crippen molar-refractivity contribution in [3.8, 4) is 0 Å². The van der Waals surface area contributed by atoms with Crippen LogP contribution < -0.4 is 5.32 Å². The first-order valence-corrected chi connectivity index (χ1v) is 6.03. The molecule has 0 amide bonds. The highest BCUT2D eigenvalue weighted by Crippen LogP contribution is 1.98. The fourth-order valence-electron chi connectivity index (χ4n) is 1.43. The summed E-state index contributed by atoms with van der Waals surface area (Å²) < 4.78 is 0. The second-order valence-electron chi connectivity index (χ2n) is 4.42. The SMILES string of the molecule is CC(C)CNCCC=CCc1ccncc1. The number of pyridine rings is 1. The van der Waals surface area contributed by atoms with Gasteiger partial charge in [0, 0.05) is 12.4 Å². The van der Waals surface area contributed by atoms with Crippen molar-refractivity contribution in [2.24, 2.45) is 5.92 Å². The second kappa shape index (κ2) is 8.05. The van der Waals surface area contributed by atoms with Crippen LogP contribution in [0.25, 0.3) is 0 Å². The predicted octanol–water partition coefficient (Wildman–Crippen LogP) is 2.82. The molecular weight excluding hydrogens is 196 g/mol. The van der Waals surface area contributed by atoms with E-state index in [2.05, 4.69) is 48.4 Å². The Bertz CT molecular complexity index is 291. The zero-order chi connectivity index (χ0) is 11.6. The first-order chi connectivity index (χ1) is 7.79. The number of nitrogens with one attached hydrogen (secondary N) is 1. The fraction of sp³-hybridized carbons (Fsp3) is 0.500. The third kappa shape index (κ3) is 6.36. The van der Waals surface area contributed by atoms with Crippen LogP contribution in [0.2, 0.25) is 0 Å². The van der Waals surface area contributed by atoms with Gasteiger partial charge in [-0.05, 0) is 49.5 Å². The van der Waals surface area contributed by atoms with E-state index < -0.39 is 0 Å². The van der Waals surface area contributed by atoms with Gasteiger partial charge in [0.05, 0.1) is 0 Å². The second-order valence-corrected chi connectivity index (χ2v) is 4.42. The van der Waals surface area contributed by atoms with Gasteiger partial charge in [-0.3, -0.25) is 4.98 Å². The number of aromatic nitrogens is 1. The Balaban J connectivity index is 2.05. The number of nitrogens with zero attached hydrogens (tertiary/aromatic N) is 1. The fourth-order valence-corrected chi connectivity index (χ4v) is 1.43. The van der Waals surface area contributed by atoms with Crippen LogP contribution in [0, 0.1) is 5.92 Å². The lowest BCUT2D eigenvalue weighted by Gasteiger charge is -2.04. The maximum atomic E-state index is 4.00. The molecule has 0 saturated heterocycles. The summed E-state index contributed by atoms with van der Waals surface area (Å²) in [5, 5.41) is 3.42. The molecule has 1 aromatic rings. The summed E-state index contributed by atoms with van der Waals surface area (Å²) in [5.41, 5.74) is 1.32. The number of hydrogen-bond donors (Lipinski definition) is 1. The Hall–Kier alpha value is -1.15. The third-order valence-corrected chi connectivity index (χ3v) is 2.31. The average Bonchev–Trinajstić information content (AvgIpc) is 2.29. The smallest absolute Gasteiger partial charge is 0.0270 e. The molecule has 2 nitrogen and oxygen atoms in total. The van der Waals surface area contributed by atoms with E-state index in [1.165, 1.54) is 5.56 Å². The maximum absolute atomic E-state index is 4.00. The minimum Gasteiger partial charge on any atom is -0.316 e. The van der Waals surface area contributed by atoms with Crippen molar-refractivity contribution in [2.45, 2.75) is 26.7 Å². The van der Waals surface area contributed by atoms with Gasteiger partial charge in [-0.25, -0.2) is 0 Å². The van der Waals surface area contributed by atoms with E-state index in [1.54, 1.807) is 0 Å². The molecule has 2 heteroatoms. The molecule has 0 aliphatic heterocycles. The predicted molar refractivity (Wildman–Crippen MR) is 69.4 cm³/mol. The minimum atomic E-state index is 0.737. The van der Waals surface area contributed by atoms with Gasteiger partial charge in [-0.15, -0.1) is 0 Å². The van der Waals surface area contributed by atoms with Gasteiger partial charge >= 0.3 is 0 Å². The molecule has 0 saturated carbocycles. The van der Waals surface area contributed by atoms with Crippen LogP contribution in [0.3, 0.4) is 0 Å². The van der Waals surface area contributed by atoms with Crippen molar-refractivity contribution in [1.29, 1.82) is 0 Å². The number of hydrogen-bond acceptors (Lipinski definition) is 2. The molecule has 0 unspecified atom stereocenters. The molecule has 0 radical (unpaired) electrons. The molecule has 0 fully saturated rings. The molecule has 0 bridgehead atoms. The van der Waals surface area contributed by atoms with E-state index in [0.717, 1.165) is 31.8 Å². The largest absolute Gasteiger partial charge is 0.316 e.